The molecule has 0 bridgehead atoms. The fourth-order valence-corrected chi connectivity index (χ4v) is 3.55. The zero-order valence-corrected chi connectivity index (χ0v) is 16.1. The van der Waals surface area contributed by atoms with Crippen LogP contribution in [0.4, 0.5) is 5.82 Å². The van der Waals surface area contributed by atoms with Crippen molar-refractivity contribution in [1.29, 1.82) is 0 Å². The van der Waals surface area contributed by atoms with E-state index in [1.165, 1.54) is 4.90 Å². The summed E-state index contributed by atoms with van der Waals surface area (Å²) in [7, 11) is 1.89. The second-order valence-corrected chi connectivity index (χ2v) is 7.36. The van der Waals surface area contributed by atoms with E-state index < -0.39 is 0 Å². The fraction of sp³-hybridized carbons (Fsp3) is 0.368. The topological polar surface area (TPSA) is 42.1 Å². The molecular weight excluding hydrogens is 380 g/mol. The SMILES string of the molecule is CN(Cc1ccccc1Br)C(=O)C[NH+]1CCN(c2cccc[nH+]2)CC1. The van der Waals surface area contributed by atoms with Gasteiger partial charge in [-0.3, -0.25) is 9.69 Å². The predicted octanol–water partition coefficient (Wildman–Crippen LogP) is 0.627. The number of carbonyl (C=O) groups excluding carboxylic acids is 1. The number of piperazine rings is 1. The second-order valence-electron chi connectivity index (χ2n) is 6.50. The lowest BCUT2D eigenvalue weighted by Gasteiger charge is -2.29. The third kappa shape index (κ3) is 4.80. The average Bonchev–Trinajstić information content (AvgIpc) is 2.65. The quantitative estimate of drug-likeness (QED) is 0.793. The Bertz CT molecular complexity index is 702. The van der Waals surface area contributed by atoms with E-state index in [-0.39, 0.29) is 5.91 Å². The summed E-state index contributed by atoms with van der Waals surface area (Å²) in [6.07, 6.45) is 1.95. The van der Waals surface area contributed by atoms with Crippen molar-refractivity contribution in [2.75, 3.05) is 44.7 Å². The number of likely N-dealkylation sites (N-methyl/N-ethyl adjacent to an activating group) is 1. The van der Waals surface area contributed by atoms with Crippen LogP contribution in [-0.4, -0.2) is 50.6 Å². The first kappa shape index (κ1) is 17.9. The molecule has 0 aliphatic carbocycles. The van der Waals surface area contributed by atoms with E-state index in [2.05, 4.69) is 37.9 Å². The molecule has 1 aromatic heterocycles. The monoisotopic (exact) mass is 404 g/mol. The number of rotatable bonds is 5. The molecule has 1 aliphatic heterocycles. The number of halogens is 1. The minimum absolute atomic E-state index is 0.200. The molecule has 1 aromatic carbocycles. The number of nitrogens with one attached hydrogen (secondary N) is 2. The summed E-state index contributed by atoms with van der Waals surface area (Å²) in [6.45, 7) is 5.11. The second kappa shape index (κ2) is 8.45. The van der Waals surface area contributed by atoms with Crippen molar-refractivity contribution < 1.29 is 14.7 Å². The summed E-state index contributed by atoms with van der Waals surface area (Å²) in [6, 6.07) is 14.2. The highest BCUT2D eigenvalue weighted by molar-refractivity contribution is 9.10. The maximum atomic E-state index is 12.5. The third-order valence-corrected chi connectivity index (χ3v) is 5.47. The molecular formula is C19H25BrN4O+2. The number of H-pyrrole nitrogens is 1. The van der Waals surface area contributed by atoms with Gasteiger partial charge in [0.1, 0.15) is 26.2 Å². The molecule has 1 saturated heterocycles. The van der Waals surface area contributed by atoms with Crippen molar-refractivity contribution in [3.8, 4) is 0 Å². The summed E-state index contributed by atoms with van der Waals surface area (Å²) in [4.78, 5) is 21.4. The zero-order chi connectivity index (χ0) is 17.6. The van der Waals surface area contributed by atoms with Gasteiger partial charge in [-0.1, -0.05) is 40.2 Å². The van der Waals surface area contributed by atoms with Gasteiger partial charge in [-0.2, -0.15) is 0 Å². The number of pyridine rings is 1. The van der Waals surface area contributed by atoms with E-state index in [0.29, 0.717) is 13.1 Å². The molecule has 2 heterocycles. The van der Waals surface area contributed by atoms with Gasteiger partial charge in [-0.05, 0) is 17.7 Å². The summed E-state index contributed by atoms with van der Waals surface area (Å²) in [5, 5.41) is 0. The van der Waals surface area contributed by atoms with E-state index >= 15 is 0 Å². The molecule has 1 aliphatic rings. The first-order valence-corrected chi connectivity index (χ1v) is 9.45. The molecule has 132 valence electrons. The van der Waals surface area contributed by atoms with Gasteiger partial charge in [0.2, 0.25) is 0 Å². The first-order valence-electron chi connectivity index (χ1n) is 8.66. The summed E-state index contributed by atoms with van der Waals surface area (Å²) in [5.41, 5.74) is 1.14. The largest absolute Gasteiger partial charge is 0.337 e. The Balaban J connectivity index is 1.48. The molecule has 2 N–H and O–H groups in total. The number of hydrogen-bond acceptors (Lipinski definition) is 2. The standard InChI is InChI=1S/C19H23BrN4O/c1-22(14-16-6-2-3-7-17(16)20)19(25)15-23-10-12-24(13-11-23)18-8-4-5-9-21-18/h2-9H,10-15H2,1H3/p+2. The highest BCUT2D eigenvalue weighted by Gasteiger charge is 2.28. The molecule has 0 atom stereocenters. The molecule has 3 rings (SSSR count). The summed E-state index contributed by atoms with van der Waals surface area (Å²) >= 11 is 3.55. The number of quaternary nitrogens is 1. The Morgan fingerprint density at radius 2 is 1.92 bits per heavy atom. The van der Waals surface area contributed by atoms with Crippen LogP contribution >= 0.6 is 15.9 Å². The van der Waals surface area contributed by atoms with Gasteiger partial charge in [0.15, 0.2) is 6.54 Å². The normalized spacial score (nSPS) is 15.2. The van der Waals surface area contributed by atoms with Gasteiger partial charge in [0, 0.05) is 24.1 Å². The number of benzene rings is 1. The van der Waals surface area contributed by atoms with Crippen LogP contribution in [0.25, 0.3) is 0 Å². The molecule has 0 radical (unpaired) electrons. The smallest absolute Gasteiger partial charge is 0.277 e. The Morgan fingerprint density at radius 1 is 1.20 bits per heavy atom. The Hall–Kier alpha value is -1.92. The van der Waals surface area contributed by atoms with Crippen LogP contribution in [0.2, 0.25) is 0 Å². The van der Waals surface area contributed by atoms with Gasteiger partial charge in [-0.25, -0.2) is 4.98 Å². The van der Waals surface area contributed by atoms with E-state index in [1.807, 2.05) is 48.5 Å². The molecule has 6 heteroatoms. The predicted molar refractivity (Wildman–Crippen MR) is 101 cm³/mol. The van der Waals surface area contributed by atoms with E-state index in [1.54, 1.807) is 0 Å². The molecule has 2 aromatic rings. The van der Waals surface area contributed by atoms with Gasteiger partial charge in [0.25, 0.3) is 11.7 Å². The number of hydrogen-bond donors (Lipinski definition) is 1. The first-order chi connectivity index (χ1) is 12.1. The van der Waals surface area contributed by atoms with Crippen molar-refractivity contribution in [2.24, 2.45) is 0 Å². The fourth-order valence-electron chi connectivity index (χ4n) is 3.14. The average molecular weight is 405 g/mol. The van der Waals surface area contributed by atoms with Gasteiger partial charge in [0.05, 0.1) is 6.20 Å². The molecule has 1 amide bonds. The summed E-state index contributed by atoms with van der Waals surface area (Å²) < 4.78 is 1.05. The van der Waals surface area contributed by atoms with Crippen LogP contribution in [0.3, 0.4) is 0 Å². The van der Waals surface area contributed by atoms with Crippen LogP contribution in [0.1, 0.15) is 5.56 Å². The van der Waals surface area contributed by atoms with Crippen molar-refractivity contribution >= 4 is 27.7 Å². The minimum Gasteiger partial charge on any atom is -0.337 e. The number of amides is 1. The van der Waals surface area contributed by atoms with E-state index in [4.69, 9.17) is 0 Å². The molecule has 0 unspecified atom stereocenters. The molecule has 1 fully saturated rings. The van der Waals surface area contributed by atoms with Gasteiger partial charge >= 0.3 is 0 Å². The summed E-state index contributed by atoms with van der Waals surface area (Å²) in [5.74, 6) is 1.35. The number of carbonyl (C=O) groups is 1. The number of aromatic amines is 1. The van der Waals surface area contributed by atoms with Crippen molar-refractivity contribution in [1.82, 2.24) is 4.90 Å². The van der Waals surface area contributed by atoms with Crippen molar-refractivity contribution in [3.05, 3.63) is 58.7 Å². The highest BCUT2D eigenvalue weighted by atomic mass is 79.9. The maximum Gasteiger partial charge on any atom is 0.277 e. The van der Waals surface area contributed by atoms with Crippen LogP contribution in [-0.2, 0) is 11.3 Å². The van der Waals surface area contributed by atoms with Crippen LogP contribution < -0.4 is 14.8 Å². The van der Waals surface area contributed by atoms with E-state index in [0.717, 1.165) is 42.0 Å². The van der Waals surface area contributed by atoms with Crippen LogP contribution in [0.5, 0.6) is 0 Å². The molecule has 0 spiro atoms. The number of nitrogens with zero attached hydrogens (tertiary/aromatic N) is 2. The Labute approximate surface area is 157 Å². The lowest BCUT2D eigenvalue weighted by molar-refractivity contribution is -0.892. The van der Waals surface area contributed by atoms with Crippen LogP contribution in [0, 0.1) is 0 Å². The number of anilines is 1. The molecule has 25 heavy (non-hydrogen) atoms. The minimum atomic E-state index is 0.200. The van der Waals surface area contributed by atoms with Crippen molar-refractivity contribution in [3.63, 3.8) is 0 Å². The highest BCUT2D eigenvalue weighted by Crippen LogP contribution is 2.17. The lowest BCUT2D eigenvalue weighted by Crippen LogP contribution is -3.15. The Kier molecular flexibility index (Phi) is 6.04. The lowest BCUT2D eigenvalue weighted by atomic mass is 10.2. The number of aromatic nitrogens is 1. The van der Waals surface area contributed by atoms with Crippen molar-refractivity contribution in [2.45, 2.75) is 6.54 Å². The Morgan fingerprint density at radius 3 is 2.60 bits per heavy atom. The maximum absolute atomic E-state index is 12.5. The van der Waals surface area contributed by atoms with Crippen LogP contribution in [0.15, 0.2) is 53.1 Å². The van der Waals surface area contributed by atoms with E-state index in [9.17, 15) is 4.79 Å². The van der Waals surface area contributed by atoms with Gasteiger partial charge in [-0.15, -0.1) is 0 Å². The molecule has 0 saturated carbocycles. The third-order valence-electron chi connectivity index (χ3n) is 4.70. The van der Waals surface area contributed by atoms with Gasteiger partial charge < -0.3 is 9.80 Å². The molecule has 5 nitrogen and oxygen atoms in total. The zero-order valence-electron chi connectivity index (χ0n) is 14.5.